The number of carbonyl (C=O) groups is 2. The number of hydrogen-bond donors (Lipinski definition) is 2. The first kappa shape index (κ1) is 36.9. The Morgan fingerprint density at radius 1 is 1.15 bits per heavy atom. The van der Waals surface area contributed by atoms with Gasteiger partial charge in [-0.3, -0.25) is 14.3 Å². The van der Waals surface area contributed by atoms with Gasteiger partial charge in [-0.05, 0) is 70.7 Å². The van der Waals surface area contributed by atoms with Crippen molar-refractivity contribution in [2.45, 2.75) is 83.4 Å². The van der Waals surface area contributed by atoms with E-state index in [1.807, 2.05) is 44.2 Å². The lowest BCUT2D eigenvalue weighted by Crippen LogP contribution is -2.48. The zero-order valence-electron chi connectivity index (χ0n) is 28.6. The van der Waals surface area contributed by atoms with Crippen LogP contribution in [0.5, 0.6) is 5.75 Å². The summed E-state index contributed by atoms with van der Waals surface area (Å²) >= 11 is 0. The molecule has 4 rings (SSSR count). The average molecular weight is 685 g/mol. The van der Waals surface area contributed by atoms with Crippen LogP contribution in [0.2, 0.25) is 0 Å². The van der Waals surface area contributed by atoms with Crippen molar-refractivity contribution in [2.24, 2.45) is 5.92 Å². The SMILES string of the molecule is Cc1noc(C)c1S(=O)(=O)Nc1ccc2c(c1)C(=O)N([C@H](C)CO)C[C@@H](C)[C@H](CN(C)C(=O)Cc1ccccc1)OCCCC[C@@H](C)O2. The van der Waals surface area contributed by atoms with Gasteiger partial charge in [-0.25, -0.2) is 8.42 Å². The lowest BCUT2D eigenvalue weighted by atomic mass is 10.0. The van der Waals surface area contributed by atoms with Crippen LogP contribution in [0.4, 0.5) is 5.69 Å². The van der Waals surface area contributed by atoms with Gasteiger partial charge in [-0.1, -0.05) is 42.4 Å². The summed E-state index contributed by atoms with van der Waals surface area (Å²) in [6.45, 7) is 9.39. The Morgan fingerprint density at radius 2 is 1.88 bits per heavy atom. The van der Waals surface area contributed by atoms with Gasteiger partial charge in [0, 0.05) is 38.3 Å². The molecule has 2 heterocycles. The Bertz CT molecular complexity index is 1630. The van der Waals surface area contributed by atoms with Gasteiger partial charge in [0.15, 0.2) is 10.7 Å². The summed E-state index contributed by atoms with van der Waals surface area (Å²) in [5.41, 5.74) is 1.45. The quantitative estimate of drug-likeness (QED) is 0.330. The van der Waals surface area contributed by atoms with Crippen LogP contribution in [0.3, 0.4) is 0 Å². The third-order valence-electron chi connectivity index (χ3n) is 8.62. The van der Waals surface area contributed by atoms with E-state index in [0.29, 0.717) is 25.3 Å². The number of rotatable bonds is 9. The Hall–Kier alpha value is -3.94. The molecule has 0 saturated heterocycles. The van der Waals surface area contributed by atoms with Crippen LogP contribution in [0.25, 0.3) is 0 Å². The van der Waals surface area contributed by atoms with E-state index >= 15 is 0 Å². The summed E-state index contributed by atoms with van der Waals surface area (Å²) in [4.78, 5) is 30.7. The molecule has 12 nitrogen and oxygen atoms in total. The molecule has 3 aromatic rings. The highest BCUT2D eigenvalue weighted by Crippen LogP contribution is 2.30. The number of nitrogens with one attached hydrogen (secondary N) is 1. The molecule has 0 bridgehead atoms. The number of ether oxygens (including phenoxy) is 2. The standard InChI is InChI=1S/C35H48N4O8S/c1-23-20-39(24(2)22-40)35(42)30-19-29(37-48(43,44)34-26(4)36-47-27(34)5)15-16-31(30)46-25(3)12-10-11-17-45-32(23)21-38(6)33(41)18-28-13-8-7-9-14-28/h7-9,13-16,19,23-25,32,37,40H,10-12,17-18,20-22H2,1-6H3/t23-,24-,25-,32+/m1/s1. The van der Waals surface area contributed by atoms with Crippen LogP contribution in [0.1, 0.15) is 67.4 Å². The van der Waals surface area contributed by atoms with Crippen molar-refractivity contribution in [3.63, 3.8) is 0 Å². The van der Waals surface area contributed by atoms with E-state index in [1.165, 1.54) is 19.9 Å². The van der Waals surface area contributed by atoms with Crippen molar-refractivity contribution >= 4 is 27.5 Å². The monoisotopic (exact) mass is 684 g/mol. The van der Waals surface area contributed by atoms with Gasteiger partial charge >= 0.3 is 0 Å². The first-order valence-electron chi connectivity index (χ1n) is 16.4. The number of benzene rings is 2. The molecule has 0 unspecified atom stereocenters. The number of sulfonamides is 1. The minimum atomic E-state index is -4.08. The Morgan fingerprint density at radius 3 is 2.54 bits per heavy atom. The van der Waals surface area contributed by atoms with Crippen molar-refractivity contribution in [2.75, 3.05) is 38.1 Å². The number of nitrogens with zero attached hydrogens (tertiary/aromatic N) is 3. The number of carbonyl (C=O) groups excluding carboxylic acids is 2. The highest BCUT2D eigenvalue weighted by Gasteiger charge is 2.32. The number of anilines is 1. The van der Waals surface area contributed by atoms with E-state index < -0.39 is 22.0 Å². The van der Waals surface area contributed by atoms with Crippen LogP contribution in [0.15, 0.2) is 57.9 Å². The summed E-state index contributed by atoms with van der Waals surface area (Å²) in [6.07, 6.45) is 1.93. The molecule has 2 N–H and O–H groups in total. The van der Waals surface area contributed by atoms with E-state index in [2.05, 4.69) is 9.88 Å². The highest BCUT2D eigenvalue weighted by atomic mass is 32.2. The zero-order chi connectivity index (χ0) is 35.0. The predicted octanol–water partition coefficient (Wildman–Crippen LogP) is 4.59. The van der Waals surface area contributed by atoms with E-state index in [9.17, 15) is 23.1 Å². The molecule has 1 aliphatic rings. The molecule has 2 aromatic carbocycles. The van der Waals surface area contributed by atoms with Gasteiger partial charge in [-0.2, -0.15) is 0 Å². The maximum atomic E-state index is 14.4. The number of hydrogen-bond acceptors (Lipinski definition) is 9. The first-order chi connectivity index (χ1) is 22.8. The van der Waals surface area contributed by atoms with Gasteiger partial charge in [-0.15, -0.1) is 0 Å². The lowest BCUT2D eigenvalue weighted by Gasteiger charge is -2.36. The molecule has 1 aliphatic heterocycles. The molecule has 2 amide bonds. The second kappa shape index (κ2) is 16.4. The predicted molar refractivity (Wildman–Crippen MR) is 181 cm³/mol. The number of likely N-dealkylation sites (N-methyl/N-ethyl adjacent to an activating group) is 1. The lowest BCUT2D eigenvalue weighted by molar-refractivity contribution is -0.131. The number of fused-ring (bicyclic) bond motifs is 1. The van der Waals surface area contributed by atoms with Gasteiger partial charge in [0.2, 0.25) is 5.91 Å². The van der Waals surface area contributed by atoms with Gasteiger partial charge < -0.3 is 28.9 Å². The maximum absolute atomic E-state index is 14.4. The van der Waals surface area contributed by atoms with Crippen LogP contribution >= 0.6 is 0 Å². The van der Waals surface area contributed by atoms with Crippen LogP contribution < -0.4 is 9.46 Å². The van der Waals surface area contributed by atoms with Crippen LogP contribution in [-0.2, 0) is 26.0 Å². The number of aryl methyl sites for hydroxylation is 2. The molecule has 13 heteroatoms. The molecule has 262 valence electrons. The summed E-state index contributed by atoms with van der Waals surface area (Å²) in [6, 6.07) is 13.6. The number of aromatic nitrogens is 1. The summed E-state index contributed by atoms with van der Waals surface area (Å²) in [5.74, 6) is -0.255. The second-order valence-electron chi connectivity index (χ2n) is 12.7. The first-order valence-corrected chi connectivity index (χ1v) is 17.9. The van der Waals surface area contributed by atoms with Gasteiger partial charge in [0.05, 0.1) is 36.8 Å². The fraction of sp³-hybridized carbons (Fsp3) is 0.514. The van der Waals surface area contributed by atoms with Gasteiger partial charge in [0.25, 0.3) is 15.9 Å². The topological polar surface area (TPSA) is 152 Å². The molecule has 0 aliphatic carbocycles. The summed E-state index contributed by atoms with van der Waals surface area (Å²) in [7, 11) is -2.33. The van der Waals surface area contributed by atoms with Crippen molar-refractivity contribution in [3.05, 3.63) is 71.1 Å². The van der Waals surface area contributed by atoms with E-state index in [1.54, 1.807) is 35.9 Å². The largest absolute Gasteiger partial charge is 0.490 e. The Balaban J connectivity index is 1.64. The van der Waals surface area contributed by atoms with E-state index in [4.69, 9.17) is 14.0 Å². The Kier molecular flexibility index (Phi) is 12.6. The average Bonchev–Trinajstić information content (AvgIpc) is 3.40. The van der Waals surface area contributed by atoms with E-state index in [-0.39, 0.29) is 71.2 Å². The molecule has 0 fully saturated rings. The number of aliphatic hydroxyl groups excluding tert-OH is 1. The molecule has 0 spiro atoms. The molecular formula is C35H48N4O8S. The van der Waals surface area contributed by atoms with Crippen molar-refractivity contribution in [1.29, 1.82) is 0 Å². The maximum Gasteiger partial charge on any atom is 0.267 e. The normalized spacial score (nSPS) is 20.3. The van der Waals surface area contributed by atoms with E-state index in [0.717, 1.165) is 18.4 Å². The molecule has 1 aromatic heterocycles. The molecule has 48 heavy (non-hydrogen) atoms. The third kappa shape index (κ3) is 9.36. The third-order valence-corrected chi connectivity index (χ3v) is 10.2. The van der Waals surface area contributed by atoms with Crippen molar-refractivity contribution in [1.82, 2.24) is 15.0 Å². The zero-order valence-corrected chi connectivity index (χ0v) is 29.5. The second-order valence-corrected chi connectivity index (χ2v) is 14.3. The van der Waals surface area contributed by atoms with Crippen LogP contribution in [-0.4, -0.2) is 91.9 Å². The molecule has 4 atom stereocenters. The minimum absolute atomic E-state index is 0.0421. The molecular weight excluding hydrogens is 636 g/mol. The molecule has 0 saturated carbocycles. The summed E-state index contributed by atoms with van der Waals surface area (Å²) < 4.78 is 46.9. The number of aliphatic hydroxyl groups is 1. The smallest absolute Gasteiger partial charge is 0.267 e. The molecule has 0 radical (unpaired) electrons. The van der Waals surface area contributed by atoms with Crippen molar-refractivity contribution in [3.8, 4) is 5.75 Å². The van der Waals surface area contributed by atoms with Gasteiger partial charge in [0.1, 0.15) is 11.4 Å². The summed E-state index contributed by atoms with van der Waals surface area (Å²) in [5, 5.41) is 14.0. The fourth-order valence-electron chi connectivity index (χ4n) is 5.79. The van der Waals surface area contributed by atoms with Crippen molar-refractivity contribution < 1.29 is 37.1 Å². The Labute approximate surface area is 283 Å². The fourth-order valence-corrected chi connectivity index (χ4v) is 7.17. The highest BCUT2D eigenvalue weighted by molar-refractivity contribution is 7.92. The minimum Gasteiger partial charge on any atom is -0.490 e. The van der Waals surface area contributed by atoms with Crippen LogP contribution in [0, 0.1) is 19.8 Å². The number of amides is 2.